The predicted octanol–water partition coefficient (Wildman–Crippen LogP) is 4.15. The summed E-state index contributed by atoms with van der Waals surface area (Å²) in [4.78, 5) is 12.0. The first-order chi connectivity index (χ1) is 10.5. The van der Waals surface area contributed by atoms with Gasteiger partial charge in [0.1, 0.15) is 6.10 Å². The molecule has 0 heterocycles. The Morgan fingerprint density at radius 1 is 1.14 bits per heavy atom. The van der Waals surface area contributed by atoms with Crippen LogP contribution < -0.4 is 0 Å². The number of allylic oxidation sites excluding steroid dienone is 3. The van der Waals surface area contributed by atoms with Gasteiger partial charge in [0.25, 0.3) is 0 Å². The van der Waals surface area contributed by atoms with E-state index in [0.717, 1.165) is 11.5 Å². The number of hydrogen-bond acceptors (Lipinski definition) is 2. The van der Waals surface area contributed by atoms with E-state index in [1.807, 2.05) is 12.1 Å². The molecule has 1 atom stereocenters. The third kappa shape index (κ3) is 3.28. The standard InChI is InChI=1S/C18H16F2O2/c1-2-3-4-9-16(21)18(19,20)17(22)15-11-10-13-7-5-6-8-14(13)12-15/h2-12,16,21H,1H3. The van der Waals surface area contributed by atoms with Crippen molar-refractivity contribution < 1.29 is 18.7 Å². The number of carbonyl (C=O) groups excluding carboxylic acids is 1. The summed E-state index contributed by atoms with van der Waals surface area (Å²) < 4.78 is 28.1. The summed E-state index contributed by atoms with van der Waals surface area (Å²) in [6.07, 6.45) is 3.15. The minimum Gasteiger partial charge on any atom is -0.382 e. The van der Waals surface area contributed by atoms with Crippen LogP contribution >= 0.6 is 0 Å². The summed E-state index contributed by atoms with van der Waals surface area (Å²) in [5, 5.41) is 11.1. The van der Waals surface area contributed by atoms with Crippen LogP contribution in [-0.2, 0) is 0 Å². The number of Topliss-reactive ketones (excluding diaryl/α,β-unsaturated/α-hetero) is 1. The van der Waals surface area contributed by atoms with Gasteiger partial charge < -0.3 is 5.11 Å². The molecule has 2 aromatic rings. The summed E-state index contributed by atoms with van der Waals surface area (Å²) in [6, 6.07) is 11.5. The van der Waals surface area contributed by atoms with Gasteiger partial charge in [-0.05, 0) is 29.8 Å². The van der Waals surface area contributed by atoms with Crippen molar-refractivity contribution in [2.75, 3.05) is 0 Å². The molecule has 0 spiro atoms. The average Bonchev–Trinajstić information content (AvgIpc) is 2.53. The minimum atomic E-state index is -3.87. The van der Waals surface area contributed by atoms with Crippen molar-refractivity contribution in [3.63, 3.8) is 0 Å². The van der Waals surface area contributed by atoms with Crippen LogP contribution in [0.1, 0.15) is 17.3 Å². The number of fused-ring (bicyclic) bond motifs is 1. The SMILES string of the molecule is CC=CC=CC(O)C(F)(F)C(=O)c1ccc2ccccc2c1. The molecule has 2 aromatic carbocycles. The number of hydrogen-bond donors (Lipinski definition) is 1. The number of benzene rings is 2. The smallest absolute Gasteiger partial charge is 0.338 e. The van der Waals surface area contributed by atoms with Crippen molar-refractivity contribution in [3.05, 3.63) is 72.3 Å². The summed E-state index contributed by atoms with van der Waals surface area (Å²) in [6.45, 7) is 1.72. The molecule has 1 N–H and O–H groups in total. The van der Waals surface area contributed by atoms with E-state index < -0.39 is 17.8 Å². The molecule has 22 heavy (non-hydrogen) atoms. The molecule has 0 bridgehead atoms. The third-order valence-corrected chi connectivity index (χ3v) is 3.28. The van der Waals surface area contributed by atoms with Gasteiger partial charge in [0.2, 0.25) is 5.78 Å². The van der Waals surface area contributed by atoms with Gasteiger partial charge in [-0.15, -0.1) is 0 Å². The number of aliphatic hydroxyl groups excluding tert-OH is 1. The summed E-state index contributed by atoms with van der Waals surface area (Å²) in [5.41, 5.74) is -0.123. The maximum atomic E-state index is 14.0. The van der Waals surface area contributed by atoms with Crippen LogP contribution in [-0.4, -0.2) is 22.9 Å². The van der Waals surface area contributed by atoms with Crippen molar-refractivity contribution in [1.29, 1.82) is 0 Å². The fourth-order valence-corrected chi connectivity index (χ4v) is 2.06. The summed E-state index contributed by atoms with van der Waals surface area (Å²) >= 11 is 0. The molecule has 0 amide bonds. The summed E-state index contributed by atoms with van der Waals surface area (Å²) in [5.74, 6) is -5.27. The van der Waals surface area contributed by atoms with E-state index in [1.54, 1.807) is 31.2 Å². The van der Waals surface area contributed by atoms with Crippen LogP contribution in [0, 0.1) is 0 Å². The largest absolute Gasteiger partial charge is 0.382 e. The van der Waals surface area contributed by atoms with E-state index in [9.17, 15) is 18.7 Å². The van der Waals surface area contributed by atoms with Gasteiger partial charge in [0.15, 0.2) is 0 Å². The Labute approximate surface area is 127 Å². The van der Waals surface area contributed by atoms with Crippen molar-refractivity contribution in [2.45, 2.75) is 19.0 Å². The zero-order valence-corrected chi connectivity index (χ0v) is 12.0. The third-order valence-electron chi connectivity index (χ3n) is 3.28. The van der Waals surface area contributed by atoms with Gasteiger partial charge in [-0.2, -0.15) is 8.78 Å². The number of rotatable bonds is 5. The van der Waals surface area contributed by atoms with E-state index >= 15 is 0 Å². The lowest BCUT2D eigenvalue weighted by atomic mass is 9.98. The lowest BCUT2D eigenvalue weighted by Gasteiger charge is -2.18. The number of aliphatic hydroxyl groups is 1. The molecule has 0 aliphatic rings. The molecule has 0 aliphatic carbocycles. The molecule has 114 valence electrons. The average molecular weight is 302 g/mol. The van der Waals surface area contributed by atoms with E-state index in [4.69, 9.17) is 0 Å². The fraction of sp³-hybridized carbons (Fsp3) is 0.167. The van der Waals surface area contributed by atoms with E-state index in [-0.39, 0.29) is 5.56 Å². The normalized spacial score (nSPS) is 14.0. The highest BCUT2D eigenvalue weighted by atomic mass is 19.3. The molecular weight excluding hydrogens is 286 g/mol. The maximum Gasteiger partial charge on any atom is 0.338 e. The second kappa shape index (κ2) is 6.62. The topological polar surface area (TPSA) is 37.3 Å². The fourth-order valence-electron chi connectivity index (χ4n) is 2.06. The molecule has 2 nitrogen and oxygen atoms in total. The first-order valence-electron chi connectivity index (χ1n) is 6.86. The zero-order valence-electron chi connectivity index (χ0n) is 12.0. The maximum absolute atomic E-state index is 14.0. The highest BCUT2D eigenvalue weighted by Gasteiger charge is 2.45. The van der Waals surface area contributed by atoms with Crippen LogP contribution in [0.4, 0.5) is 8.78 Å². The van der Waals surface area contributed by atoms with Crippen molar-refractivity contribution in [3.8, 4) is 0 Å². The predicted molar refractivity (Wildman–Crippen MR) is 83.2 cm³/mol. The number of halogens is 2. The quantitative estimate of drug-likeness (QED) is 0.665. The van der Waals surface area contributed by atoms with Crippen molar-refractivity contribution in [1.82, 2.24) is 0 Å². The van der Waals surface area contributed by atoms with Crippen molar-refractivity contribution >= 4 is 16.6 Å². The molecule has 0 saturated heterocycles. The van der Waals surface area contributed by atoms with Gasteiger partial charge >= 0.3 is 5.92 Å². The molecule has 0 fully saturated rings. The number of ketones is 1. The highest BCUT2D eigenvalue weighted by molar-refractivity contribution is 6.04. The number of carbonyl (C=O) groups is 1. The highest BCUT2D eigenvalue weighted by Crippen LogP contribution is 2.27. The molecule has 4 heteroatoms. The minimum absolute atomic E-state index is 0.123. The summed E-state index contributed by atoms with van der Waals surface area (Å²) in [7, 11) is 0. The lowest BCUT2D eigenvalue weighted by Crippen LogP contribution is -2.40. The van der Waals surface area contributed by atoms with Gasteiger partial charge in [-0.3, -0.25) is 4.79 Å². The molecule has 0 aliphatic heterocycles. The van der Waals surface area contributed by atoms with Crippen LogP contribution in [0.5, 0.6) is 0 Å². The molecular formula is C18H16F2O2. The van der Waals surface area contributed by atoms with Crippen molar-refractivity contribution in [2.24, 2.45) is 0 Å². The monoisotopic (exact) mass is 302 g/mol. The first-order valence-corrected chi connectivity index (χ1v) is 6.86. The Morgan fingerprint density at radius 2 is 1.82 bits per heavy atom. The molecule has 2 rings (SSSR count). The van der Waals surface area contributed by atoms with E-state index in [0.29, 0.717) is 5.39 Å². The van der Waals surface area contributed by atoms with Crippen LogP contribution in [0.25, 0.3) is 10.8 Å². The Morgan fingerprint density at radius 3 is 2.50 bits per heavy atom. The molecule has 1 unspecified atom stereocenters. The van der Waals surface area contributed by atoms with E-state index in [2.05, 4.69) is 0 Å². The van der Waals surface area contributed by atoms with Crippen LogP contribution in [0.3, 0.4) is 0 Å². The van der Waals surface area contributed by atoms with E-state index in [1.165, 1.54) is 24.3 Å². The Balaban J connectivity index is 2.31. The van der Waals surface area contributed by atoms with Gasteiger partial charge in [-0.1, -0.05) is 54.6 Å². The first kappa shape index (κ1) is 16.0. The Kier molecular flexibility index (Phi) is 4.83. The van der Waals surface area contributed by atoms with Gasteiger partial charge in [-0.25, -0.2) is 0 Å². The van der Waals surface area contributed by atoms with Gasteiger partial charge in [0.05, 0.1) is 0 Å². The van der Waals surface area contributed by atoms with Crippen LogP contribution in [0.2, 0.25) is 0 Å². The van der Waals surface area contributed by atoms with Gasteiger partial charge in [0, 0.05) is 5.56 Å². The lowest BCUT2D eigenvalue weighted by molar-refractivity contribution is -0.0569. The number of alkyl halides is 2. The molecule has 0 radical (unpaired) electrons. The van der Waals surface area contributed by atoms with Crippen LogP contribution in [0.15, 0.2) is 66.8 Å². The second-order valence-electron chi connectivity index (χ2n) is 4.87. The Bertz CT molecular complexity index is 733. The second-order valence-corrected chi connectivity index (χ2v) is 4.87. The zero-order chi connectivity index (χ0) is 16.2. The molecule has 0 saturated carbocycles. The molecule has 0 aromatic heterocycles. The Hall–Kier alpha value is -2.33.